The summed E-state index contributed by atoms with van der Waals surface area (Å²) in [6.07, 6.45) is 2.48. The van der Waals surface area contributed by atoms with Crippen LogP contribution in [0.2, 0.25) is 0 Å². The molecule has 0 radical (unpaired) electrons. The normalized spacial score (nSPS) is 16.2. The van der Waals surface area contributed by atoms with Gasteiger partial charge < -0.3 is 0 Å². The number of rotatable bonds is 4. The molecule has 12 heavy (non-hydrogen) atoms. The van der Waals surface area contributed by atoms with Crippen molar-refractivity contribution >= 4 is 0 Å². The summed E-state index contributed by atoms with van der Waals surface area (Å²) in [6, 6.07) is 0. The lowest BCUT2D eigenvalue weighted by Crippen LogP contribution is -2.10. The largest absolute Gasteiger partial charge is 0.0744 e. The van der Waals surface area contributed by atoms with Crippen LogP contribution >= 0.6 is 0 Å². The summed E-state index contributed by atoms with van der Waals surface area (Å²) in [5.74, 6) is 1.58. The first kappa shape index (κ1) is 11.7. The first-order valence-corrected chi connectivity index (χ1v) is 5.20. The Kier molecular flexibility index (Phi) is 5.28. The van der Waals surface area contributed by atoms with Gasteiger partial charge in [0.05, 0.1) is 0 Å². The van der Waals surface area contributed by atoms with Crippen LogP contribution in [-0.2, 0) is 0 Å². The van der Waals surface area contributed by atoms with Gasteiger partial charge in [-0.1, -0.05) is 38.8 Å². The van der Waals surface area contributed by atoms with Crippen LogP contribution in [0.5, 0.6) is 0 Å². The maximum atomic E-state index is 2.32. The smallest absolute Gasteiger partial charge is 0.0183 e. The van der Waals surface area contributed by atoms with Gasteiger partial charge in [0.15, 0.2) is 0 Å². The standard InChI is InChI=1S/C12H24/c1-7-10(5)11(6)12(8-2)9(3)4/h9,12H,7-8H2,1-6H3. The highest BCUT2D eigenvalue weighted by Crippen LogP contribution is 2.26. The van der Waals surface area contributed by atoms with E-state index >= 15 is 0 Å². The lowest BCUT2D eigenvalue weighted by molar-refractivity contribution is 0.426. The van der Waals surface area contributed by atoms with Crippen molar-refractivity contribution < 1.29 is 0 Å². The zero-order chi connectivity index (χ0) is 9.72. The van der Waals surface area contributed by atoms with E-state index < -0.39 is 0 Å². The maximum absolute atomic E-state index is 2.32. The average molecular weight is 168 g/mol. The van der Waals surface area contributed by atoms with E-state index in [1.807, 2.05) is 0 Å². The van der Waals surface area contributed by atoms with E-state index in [0.29, 0.717) is 0 Å². The van der Waals surface area contributed by atoms with E-state index in [-0.39, 0.29) is 0 Å². The minimum atomic E-state index is 0.788. The van der Waals surface area contributed by atoms with Crippen molar-refractivity contribution in [3.8, 4) is 0 Å². The van der Waals surface area contributed by atoms with E-state index in [0.717, 1.165) is 11.8 Å². The van der Waals surface area contributed by atoms with Crippen molar-refractivity contribution in [1.82, 2.24) is 0 Å². The molecule has 0 N–H and O–H groups in total. The molecule has 0 heterocycles. The lowest BCUT2D eigenvalue weighted by atomic mass is 9.84. The van der Waals surface area contributed by atoms with Crippen LogP contribution < -0.4 is 0 Å². The van der Waals surface area contributed by atoms with Gasteiger partial charge in [0, 0.05) is 0 Å². The average Bonchev–Trinajstić information content (AvgIpc) is 2.03. The van der Waals surface area contributed by atoms with E-state index in [2.05, 4.69) is 41.5 Å². The fourth-order valence-corrected chi connectivity index (χ4v) is 1.87. The predicted octanol–water partition coefficient (Wildman–Crippen LogP) is 4.42. The van der Waals surface area contributed by atoms with Crippen LogP contribution in [-0.4, -0.2) is 0 Å². The van der Waals surface area contributed by atoms with E-state index in [4.69, 9.17) is 0 Å². The van der Waals surface area contributed by atoms with Gasteiger partial charge in [-0.15, -0.1) is 0 Å². The Morgan fingerprint density at radius 3 is 1.83 bits per heavy atom. The zero-order valence-electron chi connectivity index (χ0n) is 9.57. The third kappa shape index (κ3) is 3.00. The second-order valence-electron chi connectivity index (χ2n) is 4.08. The van der Waals surface area contributed by atoms with Crippen molar-refractivity contribution in [2.45, 2.75) is 54.4 Å². The summed E-state index contributed by atoms with van der Waals surface area (Å²) in [4.78, 5) is 0. The van der Waals surface area contributed by atoms with Crippen LogP contribution in [0.4, 0.5) is 0 Å². The molecular weight excluding hydrogens is 144 g/mol. The van der Waals surface area contributed by atoms with Crippen molar-refractivity contribution in [2.75, 3.05) is 0 Å². The number of hydrogen-bond donors (Lipinski definition) is 0. The molecule has 72 valence electrons. The van der Waals surface area contributed by atoms with Gasteiger partial charge in [0.2, 0.25) is 0 Å². The summed E-state index contributed by atoms with van der Waals surface area (Å²) in [6.45, 7) is 13.7. The highest BCUT2D eigenvalue weighted by molar-refractivity contribution is 5.12. The molecule has 1 unspecified atom stereocenters. The fourth-order valence-electron chi connectivity index (χ4n) is 1.87. The molecule has 0 rings (SSSR count). The highest BCUT2D eigenvalue weighted by atomic mass is 14.2. The Bertz CT molecular complexity index is 151. The Labute approximate surface area is 78.1 Å². The topological polar surface area (TPSA) is 0 Å². The van der Waals surface area contributed by atoms with Gasteiger partial charge in [0.25, 0.3) is 0 Å². The SMILES string of the molecule is CCC(C)=C(C)C(CC)C(C)C. The lowest BCUT2D eigenvalue weighted by Gasteiger charge is -2.22. The van der Waals surface area contributed by atoms with Crippen LogP contribution in [0.1, 0.15) is 54.4 Å². The molecule has 0 spiro atoms. The molecule has 1 atom stereocenters. The predicted molar refractivity (Wildman–Crippen MR) is 57.3 cm³/mol. The van der Waals surface area contributed by atoms with Gasteiger partial charge in [0.1, 0.15) is 0 Å². The third-order valence-corrected chi connectivity index (χ3v) is 3.00. The van der Waals surface area contributed by atoms with Crippen LogP contribution in [0.3, 0.4) is 0 Å². The molecule has 0 aromatic carbocycles. The number of hydrogen-bond acceptors (Lipinski definition) is 0. The van der Waals surface area contributed by atoms with E-state index in [1.54, 1.807) is 11.1 Å². The minimum Gasteiger partial charge on any atom is -0.0744 e. The maximum Gasteiger partial charge on any atom is -0.0183 e. The molecule has 0 nitrogen and oxygen atoms in total. The van der Waals surface area contributed by atoms with Crippen LogP contribution in [0, 0.1) is 11.8 Å². The Balaban J connectivity index is 4.51. The first-order valence-electron chi connectivity index (χ1n) is 5.20. The van der Waals surface area contributed by atoms with Crippen molar-refractivity contribution in [3.63, 3.8) is 0 Å². The third-order valence-electron chi connectivity index (χ3n) is 3.00. The summed E-state index contributed by atoms with van der Waals surface area (Å²) in [5.41, 5.74) is 3.20. The molecule has 0 saturated carbocycles. The van der Waals surface area contributed by atoms with Gasteiger partial charge in [-0.2, -0.15) is 0 Å². The zero-order valence-corrected chi connectivity index (χ0v) is 9.57. The molecule has 0 amide bonds. The van der Waals surface area contributed by atoms with E-state index in [9.17, 15) is 0 Å². The summed E-state index contributed by atoms with van der Waals surface area (Å²) < 4.78 is 0. The second kappa shape index (κ2) is 5.40. The fraction of sp³-hybridized carbons (Fsp3) is 0.833. The molecule has 0 aromatic rings. The highest BCUT2D eigenvalue weighted by Gasteiger charge is 2.13. The molecule has 0 aliphatic heterocycles. The quantitative estimate of drug-likeness (QED) is 0.545. The van der Waals surface area contributed by atoms with Crippen molar-refractivity contribution in [3.05, 3.63) is 11.1 Å². The molecule has 0 fully saturated rings. The van der Waals surface area contributed by atoms with Crippen molar-refractivity contribution in [1.29, 1.82) is 0 Å². The van der Waals surface area contributed by atoms with E-state index in [1.165, 1.54) is 12.8 Å². The van der Waals surface area contributed by atoms with Gasteiger partial charge in [-0.25, -0.2) is 0 Å². The first-order chi connectivity index (χ1) is 5.54. The monoisotopic (exact) mass is 168 g/mol. The Morgan fingerprint density at radius 2 is 1.58 bits per heavy atom. The van der Waals surface area contributed by atoms with Crippen LogP contribution in [0.15, 0.2) is 11.1 Å². The molecule has 0 aromatic heterocycles. The molecule has 0 saturated heterocycles. The molecule has 0 aliphatic rings. The number of allylic oxidation sites excluding steroid dienone is 2. The summed E-state index contributed by atoms with van der Waals surface area (Å²) >= 11 is 0. The van der Waals surface area contributed by atoms with Crippen molar-refractivity contribution in [2.24, 2.45) is 11.8 Å². The minimum absolute atomic E-state index is 0.788. The summed E-state index contributed by atoms with van der Waals surface area (Å²) in [5, 5.41) is 0. The van der Waals surface area contributed by atoms with Gasteiger partial charge in [-0.3, -0.25) is 0 Å². The summed E-state index contributed by atoms with van der Waals surface area (Å²) in [7, 11) is 0. The van der Waals surface area contributed by atoms with Gasteiger partial charge >= 0.3 is 0 Å². The van der Waals surface area contributed by atoms with Crippen LogP contribution in [0.25, 0.3) is 0 Å². The molecular formula is C12H24. The molecule has 0 bridgehead atoms. The Morgan fingerprint density at radius 1 is 1.08 bits per heavy atom. The Hall–Kier alpha value is -0.260. The second-order valence-corrected chi connectivity index (χ2v) is 4.08. The molecule has 0 aliphatic carbocycles. The molecule has 0 heteroatoms. The van der Waals surface area contributed by atoms with Gasteiger partial charge in [-0.05, 0) is 38.5 Å².